The van der Waals surface area contributed by atoms with Crippen molar-refractivity contribution in [2.24, 2.45) is 0 Å². The summed E-state index contributed by atoms with van der Waals surface area (Å²) in [4.78, 5) is 10.3. The van der Waals surface area contributed by atoms with Crippen molar-refractivity contribution in [2.45, 2.75) is 13.3 Å². The third kappa shape index (κ3) is 3.36. The molecule has 74 valence electrons. The minimum atomic E-state index is 0.520. The predicted molar refractivity (Wildman–Crippen MR) is 59.4 cm³/mol. The van der Waals surface area contributed by atoms with Crippen LogP contribution in [0, 0.1) is 0 Å². The Kier molecular flexibility index (Phi) is 4.44. The van der Waals surface area contributed by atoms with Gasteiger partial charge in [-0.1, -0.05) is 12.1 Å². The summed E-state index contributed by atoms with van der Waals surface area (Å²) in [6.07, 6.45) is 0.560. The SMILES string of the molecule is CCOc1cccc(CC(Br)=C=O)c1. The summed E-state index contributed by atoms with van der Waals surface area (Å²) in [5, 5.41) is 0. The molecule has 0 aliphatic carbocycles. The van der Waals surface area contributed by atoms with Gasteiger partial charge in [-0.25, -0.2) is 4.79 Å². The van der Waals surface area contributed by atoms with Crippen molar-refractivity contribution < 1.29 is 9.53 Å². The molecule has 0 unspecified atom stereocenters. The summed E-state index contributed by atoms with van der Waals surface area (Å²) >= 11 is 3.13. The first-order valence-corrected chi connectivity index (χ1v) is 5.16. The van der Waals surface area contributed by atoms with E-state index in [0.717, 1.165) is 11.3 Å². The Morgan fingerprint density at radius 1 is 1.57 bits per heavy atom. The highest BCUT2D eigenvalue weighted by molar-refractivity contribution is 9.12. The van der Waals surface area contributed by atoms with E-state index in [2.05, 4.69) is 15.9 Å². The first-order valence-electron chi connectivity index (χ1n) is 4.37. The molecule has 0 amide bonds. The summed E-state index contributed by atoms with van der Waals surface area (Å²) in [5.41, 5.74) is 1.03. The molecule has 0 aliphatic heterocycles. The Hall–Kier alpha value is -1.05. The number of hydrogen-bond donors (Lipinski definition) is 0. The van der Waals surface area contributed by atoms with Crippen LogP contribution in [0.15, 0.2) is 28.7 Å². The minimum Gasteiger partial charge on any atom is -0.494 e. The maximum atomic E-state index is 10.3. The predicted octanol–water partition coefficient (Wildman–Crippen LogP) is 2.74. The number of benzene rings is 1. The maximum absolute atomic E-state index is 10.3. The third-order valence-corrected chi connectivity index (χ3v) is 2.12. The van der Waals surface area contributed by atoms with Crippen molar-refractivity contribution in [2.75, 3.05) is 6.61 Å². The lowest BCUT2D eigenvalue weighted by atomic mass is 10.1. The normalized spacial score (nSPS) is 9.29. The van der Waals surface area contributed by atoms with Gasteiger partial charge < -0.3 is 4.74 Å². The van der Waals surface area contributed by atoms with Crippen LogP contribution in [0.25, 0.3) is 0 Å². The lowest BCUT2D eigenvalue weighted by molar-refractivity contribution is 0.340. The van der Waals surface area contributed by atoms with Crippen molar-refractivity contribution in [3.8, 4) is 5.75 Å². The number of halogens is 1. The number of carbonyl (C=O) groups excluding carboxylic acids is 1. The van der Waals surface area contributed by atoms with E-state index < -0.39 is 0 Å². The quantitative estimate of drug-likeness (QED) is 0.773. The van der Waals surface area contributed by atoms with Gasteiger partial charge in [0.2, 0.25) is 0 Å². The molecule has 0 aromatic heterocycles. The van der Waals surface area contributed by atoms with E-state index in [0.29, 0.717) is 17.5 Å². The molecule has 14 heavy (non-hydrogen) atoms. The molecule has 0 bridgehead atoms. The monoisotopic (exact) mass is 254 g/mol. The molecule has 0 N–H and O–H groups in total. The van der Waals surface area contributed by atoms with Gasteiger partial charge in [-0.3, -0.25) is 0 Å². The Morgan fingerprint density at radius 2 is 2.36 bits per heavy atom. The molecule has 0 heterocycles. The largest absolute Gasteiger partial charge is 0.494 e. The molecule has 0 saturated carbocycles. The highest BCUT2D eigenvalue weighted by atomic mass is 79.9. The lowest BCUT2D eigenvalue weighted by Crippen LogP contribution is -1.92. The Labute approximate surface area is 91.7 Å². The molecule has 0 radical (unpaired) electrons. The van der Waals surface area contributed by atoms with Crippen LogP contribution >= 0.6 is 15.9 Å². The van der Waals surface area contributed by atoms with Gasteiger partial charge >= 0.3 is 0 Å². The van der Waals surface area contributed by atoms with E-state index in [4.69, 9.17) is 4.74 Å². The fraction of sp³-hybridized carbons (Fsp3) is 0.273. The number of allylic oxidation sites excluding steroid dienone is 1. The second-order valence-electron chi connectivity index (χ2n) is 2.76. The summed E-state index contributed by atoms with van der Waals surface area (Å²) < 4.78 is 5.86. The zero-order chi connectivity index (χ0) is 10.4. The molecule has 0 aliphatic rings. The molecule has 0 atom stereocenters. The van der Waals surface area contributed by atoms with Crippen molar-refractivity contribution in [3.05, 3.63) is 34.3 Å². The Balaban J connectivity index is 2.78. The van der Waals surface area contributed by atoms with E-state index >= 15 is 0 Å². The first kappa shape index (κ1) is 11.0. The highest BCUT2D eigenvalue weighted by Crippen LogP contribution is 2.17. The second kappa shape index (κ2) is 5.63. The molecule has 2 nitrogen and oxygen atoms in total. The fourth-order valence-electron chi connectivity index (χ4n) is 1.13. The van der Waals surface area contributed by atoms with Crippen molar-refractivity contribution in [1.82, 2.24) is 0 Å². The molecule has 0 fully saturated rings. The van der Waals surface area contributed by atoms with Gasteiger partial charge in [-0.05, 0) is 40.5 Å². The maximum Gasteiger partial charge on any atom is 0.135 e. The topological polar surface area (TPSA) is 26.3 Å². The van der Waals surface area contributed by atoms with Crippen LogP contribution in [0.1, 0.15) is 12.5 Å². The minimum absolute atomic E-state index is 0.520. The standard InChI is InChI=1S/C11H11BrO2/c1-2-14-11-5-3-4-9(7-11)6-10(12)8-13/h3-5,7H,2,6H2,1H3. The van der Waals surface area contributed by atoms with Gasteiger partial charge in [0.05, 0.1) is 11.1 Å². The zero-order valence-electron chi connectivity index (χ0n) is 7.92. The van der Waals surface area contributed by atoms with Gasteiger partial charge in [0.1, 0.15) is 11.7 Å². The lowest BCUT2D eigenvalue weighted by Gasteiger charge is -2.04. The number of hydrogen-bond acceptors (Lipinski definition) is 2. The molecular weight excluding hydrogens is 244 g/mol. The number of rotatable bonds is 4. The highest BCUT2D eigenvalue weighted by Gasteiger charge is 1.99. The average Bonchev–Trinajstić information content (AvgIpc) is 2.19. The van der Waals surface area contributed by atoms with Crippen LogP contribution in [-0.2, 0) is 11.2 Å². The van der Waals surface area contributed by atoms with Gasteiger partial charge in [-0.15, -0.1) is 0 Å². The first-order chi connectivity index (χ1) is 6.76. The third-order valence-electron chi connectivity index (χ3n) is 1.68. The van der Waals surface area contributed by atoms with Crippen molar-refractivity contribution in [1.29, 1.82) is 0 Å². The van der Waals surface area contributed by atoms with Crippen molar-refractivity contribution >= 4 is 21.9 Å². The van der Waals surface area contributed by atoms with E-state index in [1.807, 2.05) is 37.1 Å². The summed E-state index contributed by atoms with van der Waals surface area (Å²) in [6, 6.07) is 7.67. The molecular formula is C11H11BrO2. The Morgan fingerprint density at radius 3 is 3.00 bits per heavy atom. The van der Waals surface area contributed by atoms with Gasteiger partial charge in [0.25, 0.3) is 0 Å². The molecule has 1 rings (SSSR count). The van der Waals surface area contributed by atoms with Gasteiger partial charge in [0.15, 0.2) is 0 Å². The van der Waals surface area contributed by atoms with E-state index in [9.17, 15) is 4.79 Å². The van der Waals surface area contributed by atoms with Crippen LogP contribution in [0.4, 0.5) is 0 Å². The van der Waals surface area contributed by atoms with E-state index in [-0.39, 0.29) is 0 Å². The van der Waals surface area contributed by atoms with Crippen molar-refractivity contribution in [3.63, 3.8) is 0 Å². The van der Waals surface area contributed by atoms with E-state index in [1.165, 1.54) is 0 Å². The van der Waals surface area contributed by atoms with Crippen LogP contribution < -0.4 is 4.74 Å². The number of ether oxygens (including phenoxy) is 1. The van der Waals surface area contributed by atoms with Crippen LogP contribution in [0.3, 0.4) is 0 Å². The summed E-state index contributed by atoms with van der Waals surface area (Å²) in [5.74, 6) is 2.64. The summed E-state index contributed by atoms with van der Waals surface area (Å²) in [6.45, 7) is 2.59. The van der Waals surface area contributed by atoms with Crippen LogP contribution in [0.2, 0.25) is 0 Å². The van der Waals surface area contributed by atoms with Crippen LogP contribution in [-0.4, -0.2) is 12.5 Å². The van der Waals surface area contributed by atoms with Gasteiger partial charge in [-0.2, -0.15) is 0 Å². The zero-order valence-corrected chi connectivity index (χ0v) is 9.50. The molecule has 3 heteroatoms. The molecule has 1 aromatic carbocycles. The Bertz CT molecular complexity index is 354. The smallest absolute Gasteiger partial charge is 0.135 e. The second-order valence-corrected chi connectivity index (χ2v) is 3.72. The van der Waals surface area contributed by atoms with Crippen LogP contribution in [0.5, 0.6) is 5.75 Å². The summed E-state index contributed by atoms with van der Waals surface area (Å²) in [7, 11) is 0. The fourth-order valence-corrected chi connectivity index (χ4v) is 1.45. The average molecular weight is 255 g/mol. The molecule has 0 saturated heterocycles. The molecule has 1 aromatic rings. The molecule has 0 spiro atoms. The van der Waals surface area contributed by atoms with Gasteiger partial charge in [0, 0.05) is 6.42 Å². The van der Waals surface area contributed by atoms with E-state index in [1.54, 1.807) is 0 Å².